The molecular weight excluding hydrogens is 416 g/mol. The van der Waals surface area contributed by atoms with E-state index in [1.165, 1.54) is 0 Å². The first-order valence-electron chi connectivity index (χ1n) is 10.9. The van der Waals surface area contributed by atoms with Crippen molar-refractivity contribution in [3.05, 3.63) is 91.0 Å². The van der Waals surface area contributed by atoms with Crippen LogP contribution >= 0.6 is 11.8 Å². The Morgan fingerprint density at radius 1 is 0.875 bits per heavy atom. The van der Waals surface area contributed by atoms with Crippen molar-refractivity contribution in [2.75, 3.05) is 12.4 Å². The molecular formula is C27H26N2O2S. The molecule has 0 aliphatic carbocycles. The maximum Gasteiger partial charge on any atom is 0.305 e. The summed E-state index contributed by atoms with van der Waals surface area (Å²) in [5.41, 5.74) is 5.27. The summed E-state index contributed by atoms with van der Waals surface area (Å²) in [6.45, 7) is 2.25. The Kier molecular flexibility index (Phi) is 7.41. The van der Waals surface area contributed by atoms with E-state index in [4.69, 9.17) is 9.72 Å². The van der Waals surface area contributed by atoms with E-state index in [1.807, 2.05) is 49.4 Å². The van der Waals surface area contributed by atoms with E-state index >= 15 is 0 Å². The van der Waals surface area contributed by atoms with E-state index in [-0.39, 0.29) is 5.97 Å². The number of hydrogen-bond donors (Lipinski definition) is 0. The fraction of sp³-hybridized carbons (Fsp3) is 0.185. The van der Waals surface area contributed by atoms with E-state index in [1.54, 1.807) is 11.8 Å². The van der Waals surface area contributed by atoms with Gasteiger partial charge in [-0.3, -0.25) is 9.36 Å². The zero-order valence-corrected chi connectivity index (χ0v) is 18.9. The highest BCUT2D eigenvalue weighted by molar-refractivity contribution is 7.99. The number of thioether (sulfide) groups is 1. The molecule has 0 unspecified atom stereocenters. The molecule has 32 heavy (non-hydrogen) atoms. The maximum atomic E-state index is 11.7. The minimum Gasteiger partial charge on any atom is -0.466 e. The summed E-state index contributed by atoms with van der Waals surface area (Å²) in [7, 11) is 0. The summed E-state index contributed by atoms with van der Waals surface area (Å²) in [6.07, 6.45) is 1.16. The average Bonchev–Trinajstić information content (AvgIpc) is 3.23. The van der Waals surface area contributed by atoms with Gasteiger partial charge in [0.1, 0.15) is 0 Å². The molecule has 0 aliphatic heterocycles. The maximum absolute atomic E-state index is 11.7. The first-order chi connectivity index (χ1) is 15.8. The van der Waals surface area contributed by atoms with Gasteiger partial charge in [0.05, 0.1) is 18.0 Å². The SMILES string of the molecule is CCOC(=O)CCCSc1nc(-c2ccccc2)c(-c2ccccc2)n1-c1ccccc1. The van der Waals surface area contributed by atoms with Crippen LogP contribution in [0.25, 0.3) is 28.2 Å². The molecule has 162 valence electrons. The minimum atomic E-state index is -0.144. The Morgan fingerprint density at radius 2 is 1.47 bits per heavy atom. The van der Waals surface area contributed by atoms with Crippen LogP contribution in [-0.2, 0) is 9.53 Å². The molecule has 5 heteroatoms. The van der Waals surface area contributed by atoms with Crippen molar-refractivity contribution in [2.24, 2.45) is 0 Å². The summed E-state index contributed by atoms with van der Waals surface area (Å²) in [5.74, 6) is 0.639. The van der Waals surface area contributed by atoms with Gasteiger partial charge >= 0.3 is 5.97 Å². The molecule has 0 radical (unpaired) electrons. The van der Waals surface area contributed by atoms with Crippen LogP contribution in [0.15, 0.2) is 96.2 Å². The van der Waals surface area contributed by atoms with Crippen LogP contribution in [-0.4, -0.2) is 27.9 Å². The molecule has 4 aromatic rings. The zero-order valence-electron chi connectivity index (χ0n) is 18.1. The van der Waals surface area contributed by atoms with Crippen LogP contribution in [0.2, 0.25) is 0 Å². The third-order valence-electron chi connectivity index (χ3n) is 5.02. The van der Waals surface area contributed by atoms with E-state index in [0.717, 1.165) is 45.5 Å². The molecule has 0 spiro atoms. The van der Waals surface area contributed by atoms with E-state index < -0.39 is 0 Å². The van der Waals surface area contributed by atoms with E-state index in [0.29, 0.717) is 13.0 Å². The summed E-state index contributed by atoms with van der Waals surface area (Å²) < 4.78 is 7.29. The predicted octanol–water partition coefficient (Wildman–Crippen LogP) is 6.64. The number of imidazole rings is 1. The van der Waals surface area contributed by atoms with E-state index in [9.17, 15) is 4.79 Å². The highest BCUT2D eigenvalue weighted by atomic mass is 32.2. The molecule has 0 bridgehead atoms. The topological polar surface area (TPSA) is 44.1 Å². The number of aromatic nitrogens is 2. The number of nitrogens with zero attached hydrogens (tertiary/aromatic N) is 2. The standard InChI is InChI=1S/C27H26N2O2S/c1-2-31-24(30)19-12-20-32-27-28-25(21-13-6-3-7-14-21)26(22-15-8-4-9-16-22)29(27)23-17-10-5-11-18-23/h3-11,13-18H,2,12,19-20H2,1H3. The van der Waals surface area contributed by atoms with Crippen molar-refractivity contribution >= 4 is 17.7 Å². The van der Waals surface area contributed by atoms with Crippen LogP contribution in [0.4, 0.5) is 0 Å². The molecule has 4 nitrogen and oxygen atoms in total. The first kappa shape index (κ1) is 21.9. The summed E-state index contributed by atoms with van der Waals surface area (Å²) >= 11 is 1.67. The van der Waals surface area contributed by atoms with Crippen molar-refractivity contribution < 1.29 is 9.53 Å². The number of rotatable bonds is 9. The molecule has 0 aliphatic rings. The van der Waals surface area contributed by atoms with Gasteiger partial charge in [-0.2, -0.15) is 0 Å². The molecule has 1 aromatic heterocycles. The van der Waals surface area contributed by atoms with Gasteiger partial charge in [-0.25, -0.2) is 4.98 Å². The van der Waals surface area contributed by atoms with Gasteiger partial charge in [-0.15, -0.1) is 0 Å². The molecule has 4 rings (SSSR count). The summed E-state index contributed by atoms with van der Waals surface area (Å²) in [4.78, 5) is 16.8. The van der Waals surface area contributed by atoms with Crippen LogP contribution < -0.4 is 0 Å². The number of hydrogen-bond acceptors (Lipinski definition) is 4. The normalized spacial score (nSPS) is 10.8. The second-order valence-corrected chi connectivity index (χ2v) is 8.31. The Morgan fingerprint density at radius 3 is 2.09 bits per heavy atom. The molecule has 0 fully saturated rings. The van der Waals surface area contributed by atoms with Crippen molar-refractivity contribution in [2.45, 2.75) is 24.9 Å². The van der Waals surface area contributed by atoms with Crippen molar-refractivity contribution in [1.29, 1.82) is 0 Å². The Bertz CT molecular complexity index is 1140. The van der Waals surface area contributed by atoms with Gasteiger partial charge in [-0.1, -0.05) is 90.6 Å². The average molecular weight is 443 g/mol. The molecule has 3 aromatic carbocycles. The Hall–Kier alpha value is -3.31. The van der Waals surface area contributed by atoms with Gasteiger partial charge in [0.25, 0.3) is 0 Å². The molecule has 0 atom stereocenters. The minimum absolute atomic E-state index is 0.144. The van der Waals surface area contributed by atoms with E-state index in [2.05, 4.69) is 53.1 Å². The number of esters is 1. The largest absolute Gasteiger partial charge is 0.466 e. The second-order valence-electron chi connectivity index (χ2n) is 7.25. The number of ether oxygens (including phenoxy) is 1. The molecule has 0 saturated carbocycles. The molecule has 1 heterocycles. The van der Waals surface area contributed by atoms with Crippen molar-refractivity contribution in [1.82, 2.24) is 9.55 Å². The Balaban J connectivity index is 1.77. The first-order valence-corrected chi connectivity index (χ1v) is 11.8. The highest BCUT2D eigenvalue weighted by Crippen LogP contribution is 2.38. The third kappa shape index (κ3) is 5.11. The smallest absolute Gasteiger partial charge is 0.305 e. The zero-order chi connectivity index (χ0) is 22.2. The molecule has 0 saturated heterocycles. The number of para-hydroxylation sites is 1. The lowest BCUT2D eigenvalue weighted by Crippen LogP contribution is -2.04. The summed E-state index contributed by atoms with van der Waals surface area (Å²) in [5, 5.41) is 0.915. The lowest BCUT2D eigenvalue weighted by atomic mass is 10.0. The monoisotopic (exact) mass is 442 g/mol. The molecule has 0 amide bonds. The van der Waals surface area contributed by atoms with Crippen LogP contribution in [0.3, 0.4) is 0 Å². The highest BCUT2D eigenvalue weighted by Gasteiger charge is 2.21. The number of benzene rings is 3. The summed E-state index contributed by atoms with van der Waals surface area (Å²) in [6, 6.07) is 31.0. The van der Waals surface area contributed by atoms with Crippen molar-refractivity contribution in [3.8, 4) is 28.2 Å². The third-order valence-corrected chi connectivity index (χ3v) is 6.04. The lowest BCUT2D eigenvalue weighted by molar-refractivity contribution is -0.143. The second kappa shape index (κ2) is 10.8. The quantitative estimate of drug-likeness (QED) is 0.166. The van der Waals surface area contributed by atoms with Crippen LogP contribution in [0, 0.1) is 0 Å². The van der Waals surface area contributed by atoms with Crippen molar-refractivity contribution in [3.63, 3.8) is 0 Å². The lowest BCUT2D eigenvalue weighted by Gasteiger charge is -2.13. The van der Waals surface area contributed by atoms with Gasteiger partial charge in [0.2, 0.25) is 0 Å². The predicted molar refractivity (Wildman–Crippen MR) is 131 cm³/mol. The van der Waals surface area contributed by atoms with Crippen LogP contribution in [0.1, 0.15) is 19.8 Å². The van der Waals surface area contributed by atoms with Gasteiger partial charge in [0, 0.05) is 29.0 Å². The van der Waals surface area contributed by atoms with Crippen LogP contribution in [0.5, 0.6) is 0 Å². The van der Waals surface area contributed by atoms with Gasteiger partial charge < -0.3 is 4.74 Å². The Labute approximate surface area is 193 Å². The fourth-order valence-electron chi connectivity index (χ4n) is 3.59. The van der Waals surface area contributed by atoms with Gasteiger partial charge in [-0.05, 0) is 25.5 Å². The number of carbonyl (C=O) groups excluding carboxylic acids is 1. The fourth-order valence-corrected chi connectivity index (χ4v) is 4.54. The number of carbonyl (C=O) groups is 1. The van der Waals surface area contributed by atoms with Gasteiger partial charge in [0.15, 0.2) is 5.16 Å². The molecule has 0 N–H and O–H groups in total.